The molecule has 1 aromatic carbocycles. The maximum absolute atomic E-state index is 12.7. The van der Waals surface area contributed by atoms with Crippen molar-refractivity contribution < 1.29 is 22.7 Å². The van der Waals surface area contributed by atoms with Crippen LogP contribution in [0.4, 0.5) is 10.5 Å². The molecule has 2 heterocycles. The molecule has 0 spiro atoms. The number of likely N-dealkylation sites (N-methyl/N-ethyl adjacent to an activating group) is 1. The Kier molecular flexibility index (Phi) is 4.79. The first-order chi connectivity index (χ1) is 11.8. The quantitative estimate of drug-likeness (QED) is 0.842. The number of nitrogens with one attached hydrogen (secondary N) is 1. The van der Waals surface area contributed by atoms with Crippen LogP contribution < -0.4 is 14.8 Å². The third-order valence-corrected chi connectivity index (χ3v) is 6.55. The van der Waals surface area contributed by atoms with E-state index in [0.29, 0.717) is 30.3 Å². The molecule has 25 heavy (non-hydrogen) atoms. The molecular formula is C16H23N3O5S. The van der Waals surface area contributed by atoms with Crippen LogP contribution in [0.25, 0.3) is 0 Å². The van der Waals surface area contributed by atoms with Crippen molar-refractivity contribution >= 4 is 21.6 Å². The molecule has 138 valence electrons. The summed E-state index contributed by atoms with van der Waals surface area (Å²) in [4.78, 5) is 16.4. The number of nitrogens with zero attached hydrogens (tertiary/aromatic N) is 2. The number of ether oxygens (including phenoxy) is 2. The Balaban J connectivity index is 1.77. The van der Waals surface area contributed by atoms with Gasteiger partial charge in [0.1, 0.15) is 0 Å². The zero-order valence-electron chi connectivity index (χ0n) is 14.6. The lowest BCUT2D eigenvalue weighted by Gasteiger charge is -2.42. The van der Waals surface area contributed by atoms with Gasteiger partial charge in [-0.1, -0.05) is 0 Å². The first kappa shape index (κ1) is 17.8. The fourth-order valence-corrected chi connectivity index (χ4v) is 5.54. The number of carbonyl (C=O) groups excluding carboxylic acids is 1. The highest BCUT2D eigenvalue weighted by Crippen LogP contribution is 2.31. The Labute approximate surface area is 147 Å². The highest BCUT2D eigenvalue weighted by atomic mass is 32.2. The first-order valence-corrected chi connectivity index (χ1v) is 9.87. The van der Waals surface area contributed by atoms with Crippen molar-refractivity contribution in [3.8, 4) is 11.5 Å². The number of piperazine rings is 1. The van der Waals surface area contributed by atoms with Crippen LogP contribution in [0, 0.1) is 0 Å². The predicted octanol–water partition coefficient (Wildman–Crippen LogP) is 0.649. The molecule has 9 heteroatoms. The number of anilines is 1. The van der Waals surface area contributed by atoms with Gasteiger partial charge in [-0.15, -0.1) is 0 Å². The molecule has 0 saturated carbocycles. The predicted molar refractivity (Wildman–Crippen MR) is 94.1 cm³/mol. The molecule has 0 bridgehead atoms. The smallest absolute Gasteiger partial charge is 0.322 e. The lowest BCUT2D eigenvalue weighted by atomic mass is 10.1. The molecule has 8 nitrogen and oxygen atoms in total. The van der Waals surface area contributed by atoms with Crippen LogP contribution in [0.3, 0.4) is 0 Å². The number of sulfone groups is 1. The van der Waals surface area contributed by atoms with E-state index in [1.54, 1.807) is 30.2 Å². The summed E-state index contributed by atoms with van der Waals surface area (Å²) in [6, 6.07) is 4.35. The van der Waals surface area contributed by atoms with Crippen molar-refractivity contribution in [3.63, 3.8) is 0 Å². The number of fused-ring (bicyclic) bond motifs is 1. The third kappa shape index (κ3) is 3.52. The molecule has 2 aliphatic heterocycles. The van der Waals surface area contributed by atoms with Crippen LogP contribution >= 0.6 is 0 Å². The largest absolute Gasteiger partial charge is 0.493 e. The lowest BCUT2D eigenvalue weighted by Crippen LogP contribution is -2.60. The SMILES string of the molecule is COc1ccc(NC(=O)N2CCN(C)[C@@H]3CS(=O)(=O)C[C@@H]32)cc1OC. The van der Waals surface area contributed by atoms with Crippen molar-refractivity contribution in [2.75, 3.05) is 51.2 Å². The van der Waals surface area contributed by atoms with E-state index in [1.807, 2.05) is 11.9 Å². The fourth-order valence-electron chi connectivity index (χ4n) is 3.49. The van der Waals surface area contributed by atoms with Crippen LogP contribution in [-0.4, -0.2) is 82.2 Å². The van der Waals surface area contributed by atoms with Gasteiger partial charge < -0.3 is 19.7 Å². The standard InChI is InChI=1S/C16H23N3O5S/c1-18-6-7-19(13-10-25(21,22)9-12(13)18)16(20)17-11-4-5-14(23-2)15(8-11)24-3/h4-5,8,12-13H,6-7,9-10H2,1-3H3,(H,17,20)/t12-,13+/m1/s1. The molecule has 2 amide bonds. The van der Waals surface area contributed by atoms with Crippen molar-refractivity contribution in [2.45, 2.75) is 12.1 Å². The van der Waals surface area contributed by atoms with Crippen molar-refractivity contribution in [1.29, 1.82) is 0 Å². The molecule has 1 N–H and O–H groups in total. The molecule has 0 aliphatic carbocycles. The van der Waals surface area contributed by atoms with Gasteiger partial charge in [0.2, 0.25) is 0 Å². The number of benzene rings is 1. The van der Waals surface area contributed by atoms with Gasteiger partial charge in [0.05, 0.1) is 31.8 Å². The van der Waals surface area contributed by atoms with E-state index in [0.717, 1.165) is 0 Å². The van der Waals surface area contributed by atoms with Gasteiger partial charge in [0.25, 0.3) is 0 Å². The maximum Gasteiger partial charge on any atom is 0.322 e. The second-order valence-electron chi connectivity index (χ2n) is 6.39. The summed E-state index contributed by atoms with van der Waals surface area (Å²) in [7, 11) is 1.85. The van der Waals surface area contributed by atoms with Crippen molar-refractivity contribution in [3.05, 3.63) is 18.2 Å². The minimum Gasteiger partial charge on any atom is -0.493 e. The fraction of sp³-hybridized carbons (Fsp3) is 0.562. The van der Waals surface area contributed by atoms with Crippen LogP contribution in [0.2, 0.25) is 0 Å². The zero-order valence-corrected chi connectivity index (χ0v) is 15.4. The average Bonchev–Trinajstić information content (AvgIpc) is 2.90. The van der Waals surface area contributed by atoms with Crippen LogP contribution in [0.5, 0.6) is 11.5 Å². The molecule has 0 unspecified atom stereocenters. The minimum atomic E-state index is -3.12. The Morgan fingerprint density at radius 3 is 2.48 bits per heavy atom. The Morgan fingerprint density at radius 1 is 1.12 bits per heavy atom. The Morgan fingerprint density at radius 2 is 1.80 bits per heavy atom. The van der Waals surface area contributed by atoms with Crippen molar-refractivity contribution in [1.82, 2.24) is 9.80 Å². The molecule has 0 radical (unpaired) electrons. The summed E-state index contributed by atoms with van der Waals surface area (Å²) in [5, 5.41) is 2.83. The van der Waals surface area contributed by atoms with Gasteiger partial charge in [-0.05, 0) is 19.2 Å². The second kappa shape index (κ2) is 6.72. The molecule has 2 fully saturated rings. The molecule has 3 rings (SSSR count). The van der Waals surface area contributed by atoms with Crippen LogP contribution in [-0.2, 0) is 9.84 Å². The number of carbonyl (C=O) groups is 1. The zero-order chi connectivity index (χ0) is 18.2. The molecule has 2 atom stereocenters. The number of amides is 2. The molecule has 2 saturated heterocycles. The van der Waals surface area contributed by atoms with Gasteiger partial charge in [-0.2, -0.15) is 0 Å². The number of hydrogen-bond acceptors (Lipinski definition) is 6. The monoisotopic (exact) mass is 369 g/mol. The third-order valence-electron chi connectivity index (χ3n) is 4.85. The van der Waals surface area contributed by atoms with E-state index in [1.165, 1.54) is 7.11 Å². The average molecular weight is 369 g/mol. The van der Waals surface area contributed by atoms with Crippen LogP contribution in [0.1, 0.15) is 0 Å². The van der Waals surface area contributed by atoms with Gasteiger partial charge in [-0.25, -0.2) is 13.2 Å². The normalized spacial score (nSPS) is 25.3. The van der Waals surface area contributed by atoms with E-state index >= 15 is 0 Å². The maximum atomic E-state index is 12.7. The van der Waals surface area contributed by atoms with Crippen LogP contribution in [0.15, 0.2) is 18.2 Å². The Bertz CT molecular complexity index is 767. The molecular weight excluding hydrogens is 346 g/mol. The summed E-state index contributed by atoms with van der Waals surface area (Å²) in [5.41, 5.74) is 0.569. The van der Waals surface area contributed by atoms with Crippen molar-refractivity contribution in [2.24, 2.45) is 0 Å². The topological polar surface area (TPSA) is 88.2 Å². The lowest BCUT2D eigenvalue weighted by molar-refractivity contribution is 0.0892. The number of rotatable bonds is 3. The van der Waals surface area contributed by atoms with E-state index < -0.39 is 9.84 Å². The van der Waals surface area contributed by atoms with Gasteiger partial charge >= 0.3 is 6.03 Å². The van der Waals surface area contributed by atoms with Gasteiger partial charge in [-0.3, -0.25) is 4.90 Å². The van der Waals surface area contributed by atoms with Gasteiger partial charge in [0, 0.05) is 30.9 Å². The van der Waals surface area contributed by atoms with E-state index in [2.05, 4.69) is 5.32 Å². The summed E-state index contributed by atoms with van der Waals surface area (Å²) in [6.45, 7) is 1.14. The summed E-state index contributed by atoms with van der Waals surface area (Å²) < 4.78 is 34.4. The number of methoxy groups -OCH3 is 2. The first-order valence-electron chi connectivity index (χ1n) is 8.05. The number of hydrogen-bond donors (Lipinski definition) is 1. The summed E-state index contributed by atoms with van der Waals surface area (Å²) >= 11 is 0. The highest BCUT2D eigenvalue weighted by molar-refractivity contribution is 7.91. The summed E-state index contributed by atoms with van der Waals surface area (Å²) in [5.74, 6) is 1.21. The highest BCUT2D eigenvalue weighted by Gasteiger charge is 2.46. The molecule has 1 aromatic rings. The minimum absolute atomic E-state index is 0.0152. The molecule has 0 aromatic heterocycles. The van der Waals surface area contributed by atoms with E-state index in [-0.39, 0.29) is 29.6 Å². The van der Waals surface area contributed by atoms with E-state index in [9.17, 15) is 13.2 Å². The molecule has 2 aliphatic rings. The number of urea groups is 1. The van der Waals surface area contributed by atoms with Gasteiger partial charge in [0.15, 0.2) is 21.3 Å². The Hall–Kier alpha value is -2.00. The van der Waals surface area contributed by atoms with E-state index in [4.69, 9.17) is 9.47 Å². The second-order valence-corrected chi connectivity index (χ2v) is 8.54. The summed E-state index contributed by atoms with van der Waals surface area (Å²) in [6.07, 6.45) is 0.